The molecule has 3 aromatic rings. The first kappa shape index (κ1) is 28.9. The summed E-state index contributed by atoms with van der Waals surface area (Å²) in [6.07, 6.45) is 0. The summed E-state index contributed by atoms with van der Waals surface area (Å²) in [6.45, 7) is 7.63. The highest BCUT2D eigenvalue weighted by Crippen LogP contribution is 2.43. The molecule has 4 rings (SSSR count). The Morgan fingerprint density at radius 3 is 2.38 bits per heavy atom. The molecule has 2 heterocycles. The molecule has 3 unspecified atom stereocenters. The monoisotopic (exact) mass is 565 g/mol. The third-order valence-corrected chi connectivity index (χ3v) is 7.85. The van der Waals surface area contributed by atoms with Gasteiger partial charge in [-0.05, 0) is 51.5 Å². The van der Waals surface area contributed by atoms with Gasteiger partial charge in [0.25, 0.3) is 0 Å². The molecule has 0 bridgehead atoms. The van der Waals surface area contributed by atoms with E-state index in [9.17, 15) is 9.59 Å². The van der Waals surface area contributed by atoms with E-state index in [1.54, 1.807) is 28.1 Å². The number of benzene rings is 2. The van der Waals surface area contributed by atoms with Gasteiger partial charge < -0.3 is 29.6 Å². The van der Waals surface area contributed by atoms with Gasteiger partial charge >= 0.3 is 11.9 Å². The Kier molecular flexibility index (Phi) is 8.99. The lowest BCUT2D eigenvalue weighted by Crippen LogP contribution is -2.66. The molecule has 0 saturated carbocycles. The van der Waals surface area contributed by atoms with Crippen LogP contribution in [0.25, 0.3) is 11.3 Å². The Balaban J connectivity index is 1.86. The fourth-order valence-corrected chi connectivity index (χ4v) is 6.01. The van der Waals surface area contributed by atoms with E-state index >= 15 is 0 Å². The highest BCUT2D eigenvalue weighted by Gasteiger charge is 2.58. The minimum Gasteiger partial charge on any atom is -0.493 e. The first-order chi connectivity index (χ1) is 19.3. The van der Waals surface area contributed by atoms with Crippen LogP contribution in [0.15, 0.2) is 65.2 Å². The second-order valence-electron chi connectivity index (χ2n) is 9.27. The summed E-state index contributed by atoms with van der Waals surface area (Å²) in [6, 6.07) is 13.7. The number of esters is 2. The number of hydrogen-bond acceptors (Lipinski definition) is 10. The van der Waals surface area contributed by atoms with Crippen molar-refractivity contribution in [3.63, 3.8) is 0 Å². The number of carbonyl (C=O) groups is 2. The molecule has 1 aromatic heterocycles. The molecule has 212 valence electrons. The second kappa shape index (κ2) is 12.4. The van der Waals surface area contributed by atoms with Gasteiger partial charge in [-0.3, -0.25) is 4.79 Å². The van der Waals surface area contributed by atoms with E-state index in [1.807, 2.05) is 67.8 Å². The summed E-state index contributed by atoms with van der Waals surface area (Å²) in [5, 5.41) is 9.25. The molecule has 2 N–H and O–H groups in total. The van der Waals surface area contributed by atoms with Crippen molar-refractivity contribution in [2.45, 2.75) is 45.2 Å². The summed E-state index contributed by atoms with van der Waals surface area (Å²) in [7, 11) is 3.17. The van der Waals surface area contributed by atoms with Crippen molar-refractivity contribution in [3.05, 3.63) is 70.7 Å². The maximum absolute atomic E-state index is 14.0. The van der Waals surface area contributed by atoms with E-state index in [0.717, 1.165) is 5.56 Å². The van der Waals surface area contributed by atoms with E-state index in [2.05, 4.69) is 10.6 Å². The van der Waals surface area contributed by atoms with E-state index in [0.29, 0.717) is 39.2 Å². The molecule has 2 aromatic carbocycles. The van der Waals surface area contributed by atoms with Crippen LogP contribution in [0.4, 0.5) is 5.13 Å². The molecule has 9 nitrogen and oxygen atoms in total. The fourth-order valence-electron chi connectivity index (χ4n) is 5.26. The zero-order valence-corrected chi connectivity index (χ0v) is 24.4. The molecule has 0 amide bonds. The van der Waals surface area contributed by atoms with Crippen LogP contribution in [-0.4, -0.2) is 56.4 Å². The van der Waals surface area contributed by atoms with Crippen molar-refractivity contribution in [1.82, 2.24) is 10.3 Å². The largest absolute Gasteiger partial charge is 0.493 e. The molecule has 0 radical (unpaired) electrons. The van der Waals surface area contributed by atoms with Crippen LogP contribution in [0.2, 0.25) is 0 Å². The molecule has 0 aliphatic carbocycles. The standard InChI is InChI=1S/C30H35N3O6S/c1-7-38-27(34)25-18(3)31-19(4)30(28(35)39-8-2,21-12-10-9-11-13-21)26(25)33-29-32-22(17-40-29)20-14-15-23(36-5)24(16-20)37-6/h9-17,19,26,31H,7-8H2,1-6H3,(H,32,33). The predicted molar refractivity (Wildman–Crippen MR) is 155 cm³/mol. The minimum absolute atomic E-state index is 0.186. The van der Waals surface area contributed by atoms with E-state index in [4.69, 9.17) is 23.9 Å². The Morgan fingerprint density at radius 1 is 1.02 bits per heavy atom. The van der Waals surface area contributed by atoms with Crippen molar-refractivity contribution in [2.75, 3.05) is 32.8 Å². The van der Waals surface area contributed by atoms with Crippen molar-refractivity contribution in [1.29, 1.82) is 0 Å². The third kappa shape index (κ3) is 5.23. The molecule has 0 spiro atoms. The predicted octanol–water partition coefficient (Wildman–Crippen LogP) is 4.94. The first-order valence-electron chi connectivity index (χ1n) is 13.1. The number of thiazole rings is 1. The van der Waals surface area contributed by atoms with Gasteiger partial charge in [0.15, 0.2) is 16.6 Å². The number of anilines is 1. The number of nitrogens with zero attached hydrogens (tertiary/aromatic N) is 1. The fraction of sp³-hybridized carbons (Fsp3) is 0.367. The molecule has 0 fully saturated rings. The number of nitrogens with one attached hydrogen (secondary N) is 2. The van der Waals surface area contributed by atoms with Gasteiger partial charge in [-0.1, -0.05) is 30.3 Å². The molecule has 1 aliphatic rings. The molecular weight excluding hydrogens is 530 g/mol. The Hall–Kier alpha value is -4.05. The minimum atomic E-state index is -1.31. The van der Waals surface area contributed by atoms with Crippen molar-refractivity contribution in [2.24, 2.45) is 0 Å². The average molecular weight is 566 g/mol. The zero-order chi connectivity index (χ0) is 28.9. The maximum atomic E-state index is 14.0. The second-order valence-corrected chi connectivity index (χ2v) is 10.1. The van der Waals surface area contributed by atoms with Gasteiger partial charge in [0.05, 0.1) is 44.7 Å². The summed E-state index contributed by atoms with van der Waals surface area (Å²) in [4.78, 5) is 32.2. The third-order valence-electron chi connectivity index (χ3n) is 7.08. The van der Waals surface area contributed by atoms with Gasteiger partial charge in [-0.2, -0.15) is 0 Å². The van der Waals surface area contributed by atoms with Crippen molar-refractivity contribution >= 4 is 28.4 Å². The molecule has 40 heavy (non-hydrogen) atoms. The smallest absolute Gasteiger partial charge is 0.337 e. The number of rotatable bonds is 10. The van der Waals surface area contributed by atoms with Gasteiger partial charge in [0.1, 0.15) is 5.41 Å². The number of hydrogen-bond donors (Lipinski definition) is 2. The zero-order valence-electron chi connectivity index (χ0n) is 23.6. The number of aromatic nitrogens is 1. The summed E-state index contributed by atoms with van der Waals surface area (Å²) in [5.74, 6) is 0.233. The van der Waals surface area contributed by atoms with Gasteiger partial charge in [-0.15, -0.1) is 11.3 Å². The van der Waals surface area contributed by atoms with Crippen LogP contribution in [-0.2, 0) is 24.5 Å². The van der Waals surface area contributed by atoms with Gasteiger partial charge in [0.2, 0.25) is 0 Å². The lowest BCUT2D eigenvalue weighted by molar-refractivity contribution is -0.152. The van der Waals surface area contributed by atoms with Crippen LogP contribution in [0, 0.1) is 0 Å². The van der Waals surface area contributed by atoms with Crippen LogP contribution >= 0.6 is 11.3 Å². The summed E-state index contributed by atoms with van der Waals surface area (Å²) >= 11 is 1.37. The Bertz CT molecular complexity index is 1390. The van der Waals surface area contributed by atoms with Crippen molar-refractivity contribution in [3.8, 4) is 22.8 Å². The number of methoxy groups -OCH3 is 2. The topological polar surface area (TPSA) is 108 Å². The molecular formula is C30H35N3O6S. The normalized spacial score (nSPS) is 20.4. The highest BCUT2D eigenvalue weighted by atomic mass is 32.1. The Labute approximate surface area is 238 Å². The summed E-state index contributed by atoms with van der Waals surface area (Å²) < 4.78 is 22.0. The van der Waals surface area contributed by atoms with Gasteiger partial charge in [-0.25, -0.2) is 9.78 Å². The highest BCUT2D eigenvalue weighted by molar-refractivity contribution is 7.14. The van der Waals surface area contributed by atoms with Crippen LogP contribution < -0.4 is 20.1 Å². The first-order valence-corrected chi connectivity index (χ1v) is 14.0. The summed E-state index contributed by atoms with van der Waals surface area (Å²) in [5.41, 5.74) is 1.87. The Morgan fingerprint density at radius 2 is 1.73 bits per heavy atom. The van der Waals surface area contributed by atoms with E-state index < -0.39 is 29.4 Å². The lowest BCUT2D eigenvalue weighted by atomic mass is 9.64. The molecule has 0 saturated heterocycles. The SMILES string of the molecule is CCOC(=O)C1=C(C)NC(C)C(C(=O)OCC)(c2ccccc2)C1Nc1nc(-c2ccc(OC)c(OC)c2)cs1. The number of allylic oxidation sites excluding steroid dienone is 1. The van der Waals surface area contributed by atoms with Crippen LogP contribution in [0.3, 0.4) is 0 Å². The number of ether oxygens (including phenoxy) is 4. The van der Waals surface area contributed by atoms with Crippen LogP contribution in [0.5, 0.6) is 11.5 Å². The van der Waals surface area contributed by atoms with Crippen LogP contribution in [0.1, 0.15) is 33.3 Å². The van der Waals surface area contributed by atoms with E-state index in [1.165, 1.54) is 11.3 Å². The maximum Gasteiger partial charge on any atom is 0.337 e. The molecule has 10 heteroatoms. The van der Waals surface area contributed by atoms with Gasteiger partial charge in [0, 0.05) is 22.7 Å². The molecule has 1 aliphatic heterocycles. The number of carbonyl (C=O) groups excluding carboxylic acids is 2. The average Bonchev–Trinajstić information content (AvgIpc) is 3.42. The lowest BCUT2D eigenvalue weighted by Gasteiger charge is -2.48. The van der Waals surface area contributed by atoms with E-state index in [-0.39, 0.29) is 13.2 Å². The molecule has 3 atom stereocenters. The van der Waals surface area contributed by atoms with Crippen molar-refractivity contribution < 1.29 is 28.5 Å². The quantitative estimate of drug-likeness (QED) is 0.331.